The first-order chi connectivity index (χ1) is 8.77. The SMILES string of the molecule is Fc1ccc2c(c1F)-c1ccccc1C=CN=N2. The summed E-state index contributed by atoms with van der Waals surface area (Å²) in [5.74, 6) is -1.78. The van der Waals surface area contributed by atoms with Crippen molar-refractivity contribution in [1.82, 2.24) is 0 Å². The number of azo groups is 1. The maximum Gasteiger partial charge on any atom is 0.168 e. The van der Waals surface area contributed by atoms with Crippen LogP contribution in [0.15, 0.2) is 52.8 Å². The van der Waals surface area contributed by atoms with Crippen LogP contribution in [-0.2, 0) is 0 Å². The predicted molar refractivity (Wildman–Crippen MR) is 65.3 cm³/mol. The number of nitrogens with zero attached hydrogens (tertiary/aromatic N) is 2. The molecule has 18 heavy (non-hydrogen) atoms. The van der Waals surface area contributed by atoms with Gasteiger partial charge in [-0.15, -0.1) is 0 Å². The van der Waals surface area contributed by atoms with Crippen LogP contribution < -0.4 is 0 Å². The molecule has 0 aliphatic carbocycles. The summed E-state index contributed by atoms with van der Waals surface area (Å²) < 4.78 is 27.3. The van der Waals surface area contributed by atoms with E-state index in [0.717, 1.165) is 11.6 Å². The van der Waals surface area contributed by atoms with Gasteiger partial charge in [0.25, 0.3) is 0 Å². The van der Waals surface area contributed by atoms with Gasteiger partial charge >= 0.3 is 0 Å². The Morgan fingerprint density at radius 3 is 2.67 bits per heavy atom. The Morgan fingerprint density at radius 1 is 0.944 bits per heavy atom. The fourth-order valence-electron chi connectivity index (χ4n) is 1.96. The van der Waals surface area contributed by atoms with Crippen molar-refractivity contribution in [3.63, 3.8) is 0 Å². The average molecular weight is 242 g/mol. The Balaban J connectivity index is 2.40. The smallest absolute Gasteiger partial charge is 0.168 e. The zero-order chi connectivity index (χ0) is 12.5. The normalized spacial score (nSPS) is 12.6. The average Bonchev–Trinajstić information content (AvgIpc) is 2.36. The molecule has 1 heterocycles. The molecule has 0 spiro atoms. The minimum Gasteiger partial charge on any atom is -0.204 e. The van der Waals surface area contributed by atoms with Gasteiger partial charge in [-0.3, -0.25) is 0 Å². The third kappa shape index (κ3) is 1.62. The molecule has 0 fully saturated rings. The second-order valence-electron chi connectivity index (χ2n) is 3.87. The van der Waals surface area contributed by atoms with Gasteiger partial charge in [-0.2, -0.15) is 10.2 Å². The Labute approximate surface area is 102 Å². The number of hydrogen-bond acceptors (Lipinski definition) is 2. The Kier molecular flexibility index (Phi) is 2.48. The van der Waals surface area contributed by atoms with Crippen LogP contribution in [-0.4, -0.2) is 0 Å². The van der Waals surface area contributed by atoms with E-state index in [4.69, 9.17) is 0 Å². The lowest BCUT2D eigenvalue weighted by molar-refractivity contribution is 0.511. The first kappa shape index (κ1) is 10.8. The van der Waals surface area contributed by atoms with E-state index in [0.29, 0.717) is 11.3 Å². The van der Waals surface area contributed by atoms with Crippen LogP contribution in [0, 0.1) is 11.6 Å². The summed E-state index contributed by atoms with van der Waals surface area (Å²) in [4.78, 5) is 0. The van der Waals surface area contributed by atoms with Crippen molar-refractivity contribution in [2.45, 2.75) is 0 Å². The van der Waals surface area contributed by atoms with Crippen LogP contribution in [0.3, 0.4) is 0 Å². The van der Waals surface area contributed by atoms with Crippen molar-refractivity contribution >= 4 is 11.8 Å². The molecule has 0 saturated carbocycles. The quantitative estimate of drug-likeness (QED) is 0.639. The maximum absolute atomic E-state index is 14.0. The molecule has 2 aromatic carbocycles. The van der Waals surface area contributed by atoms with Gasteiger partial charge in [-0.1, -0.05) is 24.3 Å². The van der Waals surface area contributed by atoms with Crippen molar-refractivity contribution < 1.29 is 8.78 Å². The van der Waals surface area contributed by atoms with Gasteiger partial charge in [0.15, 0.2) is 11.6 Å². The van der Waals surface area contributed by atoms with E-state index in [1.54, 1.807) is 18.2 Å². The molecule has 0 bridgehead atoms. The highest BCUT2D eigenvalue weighted by Gasteiger charge is 2.17. The first-order valence-electron chi connectivity index (χ1n) is 5.42. The van der Waals surface area contributed by atoms with Crippen LogP contribution in [0.4, 0.5) is 14.5 Å². The summed E-state index contributed by atoms with van der Waals surface area (Å²) in [7, 11) is 0. The molecule has 0 amide bonds. The number of benzene rings is 2. The molecule has 0 radical (unpaired) electrons. The van der Waals surface area contributed by atoms with Crippen molar-refractivity contribution in [2.24, 2.45) is 10.2 Å². The zero-order valence-corrected chi connectivity index (χ0v) is 9.27. The molecule has 0 aromatic heterocycles. The van der Waals surface area contributed by atoms with Crippen LogP contribution in [0.1, 0.15) is 5.56 Å². The highest BCUT2D eigenvalue weighted by atomic mass is 19.2. The largest absolute Gasteiger partial charge is 0.204 e. The predicted octanol–water partition coefficient (Wildman–Crippen LogP) is 4.70. The molecule has 1 aliphatic rings. The third-order valence-electron chi connectivity index (χ3n) is 2.79. The van der Waals surface area contributed by atoms with E-state index < -0.39 is 11.6 Å². The lowest BCUT2D eigenvalue weighted by atomic mass is 9.97. The standard InChI is InChI=1S/C14H8F2N2/c15-11-5-6-12-13(14(11)16)10-4-2-1-3-9(10)7-8-17-18-12/h1-8H. The highest BCUT2D eigenvalue weighted by Crippen LogP contribution is 2.37. The molecule has 2 nitrogen and oxygen atoms in total. The molecule has 0 N–H and O–H groups in total. The lowest BCUT2D eigenvalue weighted by Gasteiger charge is -2.11. The van der Waals surface area contributed by atoms with E-state index in [2.05, 4.69) is 10.2 Å². The number of halogens is 2. The number of rotatable bonds is 0. The minimum atomic E-state index is -0.894. The zero-order valence-electron chi connectivity index (χ0n) is 9.27. The van der Waals surface area contributed by atoms with Crippen molar-refractivity contribution in [3.05, 3.63) is 59.8 Å². The van der Waals surface area contributed by atoms with Gasteiger partial charge in [-0.05, 0) is 29.3 Å². The molecule has 3 rings (SSSR count). The summed E-state index contributed by atoms with van der Waals surface area (Å²) >= 11 is 0. The van der Waals surface area contributed by atoms with E-state index in [-0.39, 0.29) is 5.56 Å². The molecule has 4 heteroatoms. The molecule has 1 aliphatic heterocycles. The van der Waals surface area contributed by atoms with Gasteiger partial charge in [0, 0.05) is 5.56 Å². The molecule has 0 unspecified atom stereocenters. The molecular weight excluding hydrogens is 234 g/mol. The molecule has 0 atom stereocenters. The second-order valence-corrected chi connectivity index (χ2v) is 3.87. The van der Waals surface area contributed by atoms with Crippen molar-refractivity contribution in [2.75, 3.05) is 0 Å². The van der Waals surface area contributed by atoms with E-state index in [1.807, 2.05) is 12.1 Å². The van der Waals surface area contributed by atoms with Crippen LogP contribution in [0.5, 0.6) is 0 Å². The van der Waals surface area contributed by atoms with E-state index in [9.17, 15) is 8.78 Å². The number of fused-ring (bicyclic) bond motifs is 3. The second kappa shape index (κ2) is 4.14. The molecule has 0 saturated heterocycles. The lowest BCUT2D eigenvalue weighted by Crippen LogP contribution is -1.93. The van der Waals surface area contributed by atoms with Crippen molar-refractivity contribution in [3.8, 4) is 11.1 Å². The van der Waals surface area contributed by atoms with Gasteiger partial charge in [0.1, 0.15) is 0 Å². The van der Waals surface area contributed by atoms with Crippen LogP contribution >= 0.6 is 0 Å². The third-order valence-corrected chi connectivity index (χ3v) is 2.79. The minimum absolute atomic E-state index is 0.152. The summed E-state index contributed by atoms with van der Waals surface area (Å²) in [5.41, 5.74) is 1.87. The maximum atomic E-state index is 14.0. The van der Waals surface area contributed by atoms with Gasteiger partial charge in [0.05, 0.1) is 11.9 Å². The van der Waals surface area contributed by atoms with E-state index in [1.165, 1.54) is 12.3 Å². The van der Waals surface area contributed by atoms with Crippen LogP contribution in [0.2, 0.25) is 0 Å². The number of hydrogen-bond donors (Lipinski definition) is 0. The van der Waals surface area contributed by atoms with Gasteiger partial charge < -0.3 is 0 Å². The first-order valence-corrected chi connectivity index (χ1v) is 5.42. The molecule has 2 aromatic rings. The molecular formula is C14H8F2N2. The van der Waals surface area contributed by atoms with Gasteiger partial charge in [0.2, 0.25) is 0 Å². The highest BCUT2D eigenvalue weighted by molar-refractivity contribution is 5.83. The Hall–Kier alpha value is -2.36. The molecule has 88 valence electrons. The topological polar surface area (TPSA) is 24.7 Å². The summed E-state index contributed by atoms with van der Waals surface area (Å²) in [6.07, 6.45) is 3.25. The fourth-order valence-corrected chi connectivity index (χ4v) is 1.96. The Bertz CT molecular complexity index is 675. The monoisotopic (exact) mass is 242 g/mol. The van der Waals surface area contributed by atoms with E-state index >= 15 is 0 Å². The summed E-state index contributed by atoms with van der Waals surface area (Å²) in [6, 6.07) is 9.65. The summed E-state index contributed by atoms with van der Waals surface area (Å²) in [6.45, 7) is 0. The van der Waals surface area contributed by atoms with Crippen LogP contribution in [0.25, 0.3) is 17.2 Å². The van der Waals surface area contributed by atoms with Crippen molar-refractivity contribution in [1.29, 1.82) is 0 Å². The summed E-state index contributed by atoms with van der Waals surface area (Å²) in [5, 5.41) is 7.68. The fraction of sp³-hybridized carbons (Fsp3) is 0. The Morgan fingerprint density at radius 2 is 1.78 bits per heavy atom. The van der Waals surface area contributed by atoms with Gasteiger partial charge in [-0.25, -0.2) is 8.78 Å².